The molecule has 0 amide bonds. The first-order chi connectivity index (χ1) is 8.52. The molecule has 0 saturated carbocycles. The van der Waals surface area contributed by atoms with E-state index in [0.717, 1.165) is 11.4 Å². The molecule has 0 spiro atoms. The summed E-state index contributed by atoms with van der Waals surface area (Å²) in [7, 11) is -3.25. The molecular formula is C12H16N2O3S. The SMILES string of the molecule is CCOc1ccc(N2C=CCN2S(C)(=O)=O)cc1. The van der Waals surface area contributed by atoms with Gasteiger partial charge in [-0.05, 0) is 37.3 Å². The molecular weight excluding hydrogens is 252 g/mol. The molecule has 5 nitrogen and oxygen atoms in total. The Kier molecular flexibility index (Phi) is 3.58. The quantitative estimate of drug-likeness (QED) is 0.832. The largest absolute Gasteiger partial charge is 0.494 e. The minimum absolute atomic E-state index is 0.367. The van der Waals surface area contributed by atoms with E-state index in [9.17, 15) is 8.42 Å². The number of rotatable bonds is 4. The number of hydrogen-bond acceptors (Lipinski definition) is 4. The highest BCUT2D eigenvalue weighted by Gasteiger charge is 2.25. The van der Waals surface area contributed by atoms with Gasteiger partial charge < -0.3 is 4.74 Å². The molecule has 1 aromatic rings. The van der Waals surface area contributed by atoms with Gasteiger partial charge in [0.2, 0.25) is 10.0 Å². The van der Waals surface area contributed by atoms with Crippen LogP contribution < -0.4 is 9.75 Å². The van der Waals surface area contributed by atoms with Crippen LogP contribution in [0.1, 0.15) is 6.92 Å². The Morgan fingerprint density at radius 2 is 1.94 bits per heavy atom. The third-order valence-electron chi connectivity index (χ3n) is 2.54. The van der Waals surface area contributed by atoms with Gasteiger partial charge >= 0.3 is 0 Å². The van der Waals surface area contributed by atoms with Crippen molar-refractivity contribution in [2.24, 2.45) is 0 Å². The van der Waals surface area contributed by atoms with Crippen LogP contribution in [0.2, 0.25) is 0 Å². The van der Waals surface area contributed by atoms with Gasteiger partial charge in [0, 0.05) is 6.20 Å². The van der Waals surface area contributed by atoms with E-state index in [-0.39, 0.29) is 0 Å². The molecule has 0 unspecified atom stereocenters. The summed E-state index contributed by atoms with van der Waals surface area (Å²) in [6, 6.07) is 7.31. The van der Waals surface area contributed by atoms with Crippen LogP contribution in [-0.2, 0) is 10.0 Å². The smallest absolute Gasteiger partial charge is 0.228 e. The molecule has 6 heteroatoms. The Hall–Kier alpha value is -1.53. The van der Waals surface area contributed by atoms with E-state index in [0.29, 0.717) is 13.2 Å². The van der Waals surface area contributed by atoms with Crippen LogP contribution in [0, 0.1) is 0 Å². The summed E-state index contributed by atoms with van der Waals surface area (Å²) in [6.07, 6.45) is 4.75. The molecule has 0 fully saturated rings. The van der Waals surface area contributed by atoms with Crippen LogP contribution in [0.15, 0.2) is 36.5 Å². The fourth-order valence-electron chi connectivity index (χ4n) is 1.77. The summed E-state index contributed by atoms with van der Waals surface area (Å²) in [5.74, 6) is 0.773. The van der Waals surface area contributed by atoms with Gasteiger partial charge in [-0.2, -0.15) is 0 Å². The minimum atomic E-state index is -3.25. The van der Waals surface area contributed by atoms with Crippen molar-refractivity contribution in [1.29, 1.82) is 0 Å². The van der Waals surface area contributed by atoms with Gasteiger partial charge in [-0.3, -0.25) is 5.01 Å². The normalized spacial score (nSPS) is 16.2. The summed E-state index contributed by atoms with van der Waals surface area (Å²) < 4.78 is 29.9. The van der Waals surface area contributed by atoms with Crippen molar-refractivity contribution in [3.63, 3.8) is 0 Å². The van der Waals surface area contributed by atoms with Crippen LogP contribution in [0.4, 0.5) is 5.69 Å². The lowest BCUT2D eigenvalue weighted by atomic mass is 10.3. The van der Waals surface area contributed by atoms with Crippen molar-refractivity contribution in [2.75, 3.05) is 24.4 Å². The third-order valence-corrected chi connectivity index (χ3v) is 3.63. The second kappa shape index (κ2) is 4.99. The molecule has 2 rings (SSSR count). The maximum atomic E-state index is 11.6. The summed E-state index contributed by atoms with van der Waals surface area (Å²) in [6.45, 7) is 2.90. The van der Waals surface area contributed by atoms with Crippen LogP contribution >= 0.6 is 0 Å². The van der Waals surface area contributed by atoms with Gasteiger partial charge in [0.25, 0.3) is 0 Å². The molecule has 0 aromatic heterocycles. The van der Waals surface area contributed by atoms with E-state index in [4.69, 9.17) is 4.74 Å². The topological polar surface area (TPSA) is 49.9 Å². The highest BCUT2D eigenvalue weighted by Crippen LogP contribution is 2.25. The molecule has 0 bridgehead atoms. The first kappa shape index (κ1) is 12.9. The zero-order valence-electron chi connectivity index (χ0n) is 10.4. The maximum Gasteiger partial charge on any atom is 0.228 e. The van der Waals surface area contributed by atoms with Crippen molar-refractivity contribution in [2.45, 2.75) is 6.92 Å². The maximum absolute atomic E-state index is 11.6. The lowest BCUT2D eigenvalue weighted by molar-refractivity contribution is 0.340. The lowest BCUT2D eigenvalue weighted by Gasteiger charge is -2.26. The molecule has 1 heterocycles. The Balaban J connectivity index is 2.23. The average Bonchev–Trinajstić information content (AvgIpc) is 2.79. The highest BCUT2D eigenvalue weighted by molar-refractivity contribution is 7.88. The van der Waals surface area contributed by atoms with Crippen molar-refractivity contribution < 1.29 is 13.2 Å². The van der Waals surface area contributed by atoms with E-state index in [1.54, 1.807) is 17.3 Å². The Morgan fingerprint density at radius 1 is 1.28 bits per heavy atom. The highest BCUT2D eigenvalue weighted by atomic mass is 32.2. The van der Waals surface area contributed by atoms with Gasteiger partial charge in [0.1, 0.15) is 5.75 Å². The summed E-state index contributed by atoms with van der Waals surface area (Å²) in [4.78, 5) is 0. The van der Waals surface area contributed by atoms with E-state index in [1.165, 1.54) is 10.7 Å². The number of hydrazine groups is 1. The average molecular weight is 268 g/mol. The fraction of sp³-hybridized carbons (Fsp3) is 0.333. The minimum Gasteiger partial charge on any atom is -0.494 e. The lowest BCUT2D eigenvalue weighted by Crippen LogP contribution is -2.39. The Bertz CT molecular complexity index is 537. The van der Waals surface area contributed by atoms with Gasteiger partial charge in [0.05, 0.1) is 25.1 Å². The second-order valence-electron chi connectivity index (χ2n) is 3.92. The molecule has 98 valence electrons. The molecule has 0 radical (unpaired) electrons. The summed E-state index contributed by atoms with van der Waals surface area (Å²) in [5, 5.41) is 1.62. The third kappa shape index (κ3) is 2.65. The number of hydrogen-bond donors (Lipinski definition) is 0. The first-order valence-electron chi connectivity index (χ1n) is 5.69. The van der Waals surface area contributed by atoms with E-state index < -0.39 is 10.0 Å². The van der Waals surface area contributed by atoms with Gasteiger partial charge in [-0.25, -0.2) is 8.42 Å². The number of benzene rings is 1. The van der Waals surface area contributed by atoms with E-state index >= 15 is 0 Å². The standard InChI is InChI=1S/C12H16N2O3S/c1-3-17-12-7-5-11(6-8-12)13-9-4-10-14(13)18(2,15)16/h4-9H,3,10H2,1-2H3. The Labute approximate surface area is 107 Å². The first-order valence-corrected chi connectivity index (χ1v) is 7.53. The van der Waals surface area contributed by atoms with E-state index in [1.807, 2.05) is 31.2 Å². The summed E-state index contributed by atoms with van der Waals surface area (Å²) >= 11 is 0. The molecule has 18 heavy (non-hydrogen) atoms. The predicted molar refractivity (Wildman–Crippen MR) is 70.8 cm³/mol. The van der Waals surface area contributed by atoms with Crippen molar-refractivity contribution in [1.82, 2.24) is 4.41 Å². The zero-order chi connectivity index (χ0) is 13.2. The molecule has 0 saturated heterocycles. The van der Waals surface area contributed by atoms with Gasteiger partial charge in [-0.1, -0.05) is 0 Å². The molecule has 1 aliphatic rings. The molecule has 0 aliphatic carbocycles. The Morgan fingerprint density at radius 3 is 2.50 bits per heavy atom. The molecule has 1 aliphatic heterocycles. The zero-order valence-corrected chi connectivity index (χ0v) is 11.2. The van der Waals surface area contributed by atoms with Crippen molar-refractivity contribution in [3.8, 4) is 5.75 Å². The van der Waals surface area contributed by atoms with Crippen LogP contribution in [0.25, 0.3) is 0 Å². The number of sulfonamides is 1. The number of ether oxygens (including phenoxy) is 1. The molecule has 0 N–H and O–H groups in total. The van der Waals surface area contributed by atoms with E-state index in [2.05, 4.69) is 0 Å². The number of nitrogens with zero attached hydrogens (tertiary/aromatic N) is 2. The van der Waals surface area contributed by atoms with Crippen molar-refractivity contribution >= 4 is 15.7 Å². The predicted octanol–water partition coefficient (Wildman–Crippen LogP) is 1.60. The molecule has 0 atom stereocenters. The van der Waals surface area contributed by atoms with Crippen molar-refractivity contribution in [3.05, 3.63) is 36.5 Å². The molecule has 1 aromatic carbocycles. The number of anilines is 1. The van der Waals surface area contributed by atoms with Crippen LogP contribution in [0.3, 0.4) is 0 Å². The second-order valence-corrected chi connectivity index (χ2v) is 5.81. The monoisotopic (exact) mass is 268 g/mol. The van der Waals surface area contributed by atoms with Crippen LogP contribution in [-0.4, -0.2) is 32.2 Å². The summed E-state index contributed by atoms with van der Waals surface area (Å²) in [5.41, 5.74) is 0.789. The van der Waals surface area contributed by atoms with Crippen LogP contribution in [0.5, 0.6) is 5.75 Å². The van der Waals surface area contributed by atoms with Gasteiger partial charge in [-0.15, -0.1) is 4.41 Å². The fourth-order valence-corrected chi connectivity index (χ4v) is 2.60. The van der Waals surface area contributed by atoms with Gasteiger partial charge in [0.15, 0.2) is 0 Å².